The van der Waals surface area contributed by atoms with Crippen LogP contribution in [-0.2, 0) is 11.2 Å². The Hall–Kier alpha value is -3.51. The molecule has 0 spiro atoms. The summed E-state index contributed by atoms with van der Waals surface area (Å²) in [5, 5.41) is 2.97. The maximum atomic E-state index is 13.3. The van der Waals surface area contributed by atoms with Gasteiger partial charge in [0.05, 0.1) is 11.4 Å². The number of pyridine rings is 1. The normalized spacial score (nSPS) is 14.6. The van der Waals surface area contributed by atoms with Crippen LogP contribution in [0.15, 0.2) is 79.1 Å². The lowest BCUT2D eigenvalue weighted by molar-refractivity contribution is -0.111. The van der Waals surface area contributed by atoms with Crippen molar-refractivity contribution < 1.29 is 9.18 Å². The van der Waals surface area contributed by atoms with Crippen LogP contribution in [0.4, 0.5) is 15.8 Å². The van der Waals surface area contributed by atoms with E-state index in [9.17, 15) is 9.18 Å². The van der Waals surface area contributed by atoms with Crippen molar-refractivity contribution in [3.8, 4) is 0 Å². The summed E-state index contributed by atoms with van der Waals surface area (Å²) in [4.78, 5) is 21.3. The highest BCUT2D eigenvalue weighted by Gasteiger charge is 2.19. The Morgan fingerprint density at radius 3 is 2.56 bits per heavy atom. The predicted molar refractivity (Wildman–Crippen MR) is 127 cm³/mol. The second-order valence-corrected chi connectivity index (χ2v) is 7.83. The molecule has 0 unspecified atom stereocenters. The Bertz CT molecular complexity index is 1060. The van der Waals surface area contributed by atoms with E-state index in [0.717, 1.165) is 50.5 Å². The van der Waals surface area contributed by atoms with Crippen LogP contribution in [-0.4, -0.2) is 48.5 Å². The molecule has 0 bridgehead atoms. The molecule has 0 aliphatic carbocycles. The predicted octanol–water partition coefficient (Wildman–Crippen LogP) is 4.24. The van der Waals surface area contributed by atoms with Crippen molar-refractivity contribution in [1.82, 2.24) is 9.88 Å². The number of nitrogens with one attached hydrogen (secondary N) is 1. The molecule has 4 rings (SSSR count). The molecule has 164 valence electrons. The van der Waals surface area contributed by atoms with E-state index in [1.165, 1.54) is 23.8 Å². The van der Waals surface area contributed by atoms with Crippen LogP contribution in [0, 0.1) is 5.82 Å². The summed E-state index contributed by atoms with van der Waals surface area (Å²) in [6.45, 7) is 4.80. The summed E-state index contributed by atoms with van der Waals surface area (Å²) in [5.41, 5.74) is 3.76. The first-order chi connectivity index (χ1) is 15.7. The zero-order valence-corrected chi connectivity index (χ0v) is 18.0. The zero-order chi connectivity index (χ0) is 22.2. The van der Waals surface area contributed by atoms with Crippen LogP contribution in [0.3, 0.4) is 0 Å². The fraction of sp³-hybridized carbons (Fsp3) is 0.231. The summed E-state index contributed by atoms with van der Waals surface area (Å²) in [6, 6.07) is 18.2. The van der Waals surface area contributed by atoms with Gasteiger partial charge < -0.3 is 10.2 Å². The molecule has 6 heteroatoms. The van der Waals surface area contributed by atoms with E-state index in [4.69, 9.17) is 0 Å². The molecule has 1 fully saturated rings. The number of hydrogen-bond donors (Lipinski definition) is 1. The van der Waals surface area contributed by atoms with Crippen molar-refractivity contribution in [2.75, 3.05) is 42.9 Å². The summed E-state index contributed by atoms with van der Waals surface area (Å²) >= 11 is 0. The van der Waals surface area contributed by atoms with E-state index < -0.39 is 0 Å². The molecule has 1 N–H and O–H groups in total. The summed E-state index contributed by atoms with van der Waals surface area (Å²) in [5.74, 6) is -0.560. The van der Waals surface area contributed by atoms with E-state index in [1.54, 1.807) is 18.2 Å². The first-order valence-electron chi connectivity index (χ1n) is 10.9. The minimum Gasteiger partial charge on any atom is -0.367 e. The lowest BCUT2D eigenvalue weighted by Gasteiger charge is -2.37. The van der Waals surface area contributed by atoms with Crippen molar-refractivity contribution in [1.29, 1.82) is 0 Å². The van der Waals surface area contributed by atoms with Gasteiger partial charge in [-0.15, -0.1) is 0 Å². The van der Waals surface area contributed by atoms with Crippen LogP contribution in [0.1, 0.15) is 11.1 Å². The van der Waals surface area contributed by atoms with Crippen LogP contribution >= 0.6 is 0 Å². The minimum absolute atomic E-state index is 0.238. The Morgan fingerprint density at radius 1 is 1.00 bits per heavy atom. The molecule has 0 saturated carbocycles. The van der Waals surface area contributed by atoms with Gasteiger partial charge in [0.25, 0.3) is 0 Å². The monoisotopic (exact) mass is 430 g/mol. The smallest absolute Gasteiger partial charge is 0.248 e. The lowest BCUT2D eigenvalue weighted by Crippen LogP contribution is -2.47. The molecular formula is C26H27FN4O. The van der Waals surface area contributed by atoms with Crippen LogP contribution in [0.2, 0.25) is 0 Å². The van der Waals surface area contributed by atoms with Gasteiger partial charge >= 0.3 is 0 Å². The minimum atomic E-state index is -0.321. The number of anilines is 2. The molecule has 1 saturated heterocycles. The van der Waals surface area contributed by atoms with Gasteiger partial charge in [-0.05, 0) is 60.0 Å². The molecule has 2 heterocycles. The van der Waals surface area contributed by atoms with E-state index in [2.05, 4.69) is 32.2 Å². The number of hydrogen-bond acceptors (Lipinski definition) is 4. The van der Waals surface area contributed by atoms with Crippen molar-refractivity contribution in [2.45, 2.75) is 6.42 Å². The molecule has 1 aliphatic rings. The molecular weight excluding hydrogens is 403 g/mol. The average molecular weight is 431 g/mol. The van der Waals surface area contributed by atoms with E-state index in [-0.39, 0.29) is 11.7 Å². The van der Waals surface area contributed by atoms with Crippen LogP contribution in [0.25, 0.3) is 6.08 Å². The van der Waals surface area contributed by atoms with Crippen molar-refractivity contribution in [2.24, 2.45) is 0 Å². The Labute approximate surface area is 188 Å². The lowest BCUT2D eigenvalue weighted by atomic mass is 10.1. The average Bonchev–Trinajstić information content (AvgIpc) is 2.83. The topological polar surface area (TPSA) is 48.5 Å². The van der Waals surface area contributed by atoms with Crippen molar-refractivity contribution in [3.05, 3.63) is 96.1 Å². The van der Waals surface area contributed by atoms with Gasteiger partial charge in [-0.2, -0.15) is 0 Å². The molecule has 0 radical (unpaired) electrons. The highest BCUT2D eigenvalue weighted by molar-refractivity contribution is 6.03. The first-order valence-corrected chi connectivity index (χ1v) is 10.9. The number of nitrogens with zero attached hydrogens (tertiary/aromatic N) is 3. The molecule has 1 aliphatic heterocycles. The summed E-state index contributed by atoms with van der Waals surface area (Å²) in [6.07, 6.45) is 7.75. The third-order valence-electron chi connectivity index (χ3n) is 5.62. The molecule has 1 amide bonds. The molecule has 5 nitrogen and oxygen atoms in total. The standard InChI is InChI=1S/C26H27FN4O/c27-23-5-3-4-22(20-23)8-9-26(32)29-24-6-1-2-7-25(24)31-18-16-30(17-19-31)15-12-21-10-13-28-14-11-21/h1-11,13-14,20H,12,15-19H2,(H,29,32). The number of carbonyl (C=O) groups excluding carboxylic acids is 1. The van der Waals surface area contributed by atoms with E-state index in [1.807, 2.05) is 36.7 Å². The molecule has 1 aromatic heterocycles. The van der Waals surface area contributed by atoms with Crippen LogP contribution < -0.4 is 10.2 Å². The van der Waals surface area contributed by atoms with Gasteiger partial charge in [-0.25, -0.2) is 4.39 Å². The van der Waals surface area contributed by atoms with Gasteiger partial charge in [0.2, 0.25) is 5.91 Å². The number of carbonyl (C=O) groups is 1. The summed E-state index contributed by atoms with van der Waals surface area (Å²) < 4.78 is 13.3. The largest absolute Gasteiger partial charge is 0.367 e. The number of rotatable bonds is 7. The molecule has 3 aromatic rings. The fourth-order valence-corrected chi connectivity index (χ4v) is 3.86. The quantitative estimate of drug-likeness (QED) is 0.570. The fourth-order valence-electron chi connectivity index (χ4n) is 3.86. The van der Waals surface area contributed by atoms with E-state index >= 15 is 0 Å². The highest BCUT2D eigenvalue weighted by atomic mass is 19.1. The SMILES string of the molecule is O=C(C=Cc1cccc(F)c1)Nc1ccccc1N1CCN(CCc2ccncc2)CC1. The number of halogens is 1. The van der Waals surface area contributed by atoms with Gasteiger partial charge in [0.1, 0.15) is 5.82 Å². The van der Waals surface area contributed by atoms with Gasteiger partial charge in [0.15, 0.2) is 0 Å². The maximum Gasteiger partial charge on any atom is 0.248 e. The van der Waals surface area contributed by atoms with Gasteiger partial charge in [0, 0.05) is 51.2 Å². The highest BCUT2D eigenvalue weighted by Crippen LogP contribution is 2.26. The first kappa shape index (κ1) is 21.7. The van der Waals surface area contributed by atoms with Crippen molar-refractivity contribution >= 4 is 23.4 Å². The maximum absolute atomic E-state index is 13.3. The van der Waals surface area contributed by atoms with Crippen molar-refractivity contribution in [3.63, 3.8) is 0 Å². The third-order valence-corrected chi connectivity index (χ3v) is 5.62. The molecule has 32 heavy (non-hydrogen) atoms. The number of benzene rings is 2. The summed E-state index contributed by atoms with van der Waals surface area (Å²) in [7, 11) is 0. The Balaban J connectivity index is 1.33. The number of para-hydroxylation sites is 2. The number of amides is 1. The molecule has 0 atom stereocenters. The second kappa shape index (κ2) is 10.7. The molecule has 2 aromatic carbocycles. The Morgan fingerprint density at radius 2 is 1.78 bits per heavy atom. The van der Waals surface area contributed by atoms with Gasteiger partial charge in [-0.3, -0.25) is 14.7 Å². The second-order valence-electron chi connectivity index (χ2n) is 7.83. The number of piperazine rings is 1. The zero-order valence-electron chi connectivity index (χ0n) is 18.0. The Kier molecular flexibility index (Phi) is 7.25. The number of aromatic nitrogens is 1. The van der Waals surface area contributed by atoms with Crippen LogP contribution in [0.5, 0.6) is 0 Å². The third kappa shape index (κ3) is 6.02. The van der Waals surface area contributed by atoms with Gasteiger partial charge in [-0.1, -0.05) is 24.3 Å². The van der Waals surface area contributed by atoms with E-state index in [0.29, 0.717) is 5.56 Å².